The number of carbonyl (C=O) groups is 1. The molecular weight excluding hydrogens is 404 g/mol. The molecule has 2 aromatic rings. The SMILES string of the molecule is CC(C)S(=O)(=O)N1Cc2[nH]nc(NC(=O)c3ccc(N4CCN(C)CC4)cc3)c2C1. The molecule has 0 bridgehead atoms. The third-order valence-corrected chi connectivity index (χ3v) is 7.98. The number of piperazine rings is 1. The van der Waals surface area contributed by atoms with E-state index in [2.05, 4.69) is 32.4 Å². The minimum Gasteiger partial charge on any atom is -0.369 e. The molecule has 2 aliphatic rings. The number of rotatable bonds is 5. The van der Waals surface area contributed by atoms with Crippen molar-refractivity contribution >= 4 is 27.4 Å². The Balaban J connectivity index is 1.43. The molecule has 1 saturated heterocycles. The van der Waals surface area contributed by atoms with E-state index in [0.717, 1.165) is 43.1 Å². The highest BCUT2D eigenvalue weighted by molar-refractivity contribution is 7.89. The van der Waals surface area contributed by atoms with Gasteiger partial charge in [-0.1, -0.05) is 0 Å². The lowest BCUT2D eigenvalue weighted by Gasteiger charge is -2.34. The number of carbonyl (C=O) groups excluding carboxylic acids is 1. The highest BCUT2D eigenvalue weighted by atomic mass is 32.2. The van der Waals surface area contributed by atoms with Gasteiger partial charge in [-0.25, -0.2) is 8.42 Å². The van der Waals surface area contributed by atoms with Crippen molar-refractivity contribution in [2.75, 3.05) is 43.4 Å². The van der Waals surface area contributed by atoms with Crippen LogP contribution in [0.1, 0.15) is 35.5 Å². The lowest BCUT2D eigenvalue weighted by Crippen LogP contribution is -2.44. The smallest absolute Gasteiger partial charge is 0.256 e. The summed E-state index contributed by atoms with van der Waals surface area (Å²) in [5.41, 5.74) is 3.09. The van der Waals surface area contributed by atoms with Gasteiger partial charge in [0.05, 0.1) is 17.5 Å². The second-order valence-corrected chi connectivity index (χ2v) is 10.7. The number of aromatic nitrogens is 2. The predicted octanol–water partition coefficient (Wildman–Crippen LogP) is 1.47. The molecule has 1 amide bonds. The number of fused-ring (bicyclic) bond motifs is 1. The van der Waals surface area contributed by atoms with Crippen LogP contribution in [0.2, 0.25) is 0 Å². The molecule has 1 fully saturated rings. The van der Waals surface area contributed by atoms with E-state index >= 15 is 0 Å². The lowest BCUT2D eigenvalue weighted by atomic mass is 10.1. The summed E-state index contributed by atoms with van der Waals surface area (Å²) in [6.07, 6.45) is 0. The van der Waals surface area contributed by atoms with Gasteiger partial charge in [0.25, 0.3) is 5.91 Å². The second kappa shape index (κ2) is 8.01. The minimum atomic E-state index is -3.37. The lowest BCUT2D eigenvalue weighted by molar-refractivity contribution is 0.102. The third kappa shape index (κ3) is 3.94. The summed E-state index contributed by atoms with van der Waals surface area (Å²) in [6.45, 7) is 7.77. The number of H-pyrrole nitrogens is 1. The van der Waals surface area contributed by atoms with E-state index < -0.39 is 15.3 Å². The molecule has 0 atom stereocenters. The van der Waals surface area contributed by atoms with Crippen molar-refractivity contribution in [1.82, 2.24) is 19.4 Å². The molecule has 0 aliphatic carbocycles. The number of hydrogen-bond acceptors (Lipinski definition) is 6. The summed E-state index contributed by atoms with van der Waals surface area (Å²) in [7, 11) is -1.25. The number of nitrogens with zero attached hydrogens (tertiary/aromatic N) is 4. The van der Waals surface area contributed by atoms with Gasteiger partial charge in [0.15, 0.2) is 5.82 Å². The van der Waals surface area contributed by atoms with Crippen LogP contribution in [0.25, 0.3) is 0 Å². The van der Waals surface area contributed by atoms with Crippen LogP contribution in [0.15, 0.2) is 24.3 Å². The number of hydrogen-bond donors (Lipinski definition) is 2. The molecule has 2 aliphatic heterocycles. The van der Waals surface area contributed by atoms with Gasteiger partial charge in [-0.2, -0.15) is 9.40 Å². The molecule has 0 spiro atoms. The number of nitrogens with one attached hydrogen (secondary N) is 2. The van der Waals surface area contributed by atoms with Crippen molar-refractivity contribution in [1.29, 1.82) is 0 Å². The van der Waals surface area contributed by atoms with Gasteiger partial charge in [-0.3, -0.25) is 9.89 Å². The molecule has 3 heterocycles. The Kier molecular flexibility index (Phi) is 5.56. The molecule has 0 radical (unpaired) electrons. The van der Waals surface area contributed by atoms with Gasteiger partial charge in [0.1, 0.15) is 0 Å². The molecule has 30 heavy (non-hydrogen) atoms. The van der Waals surface area contributed by atoms with Gasteiger partial charge >= 0.3 is 0 Å². The molecule has 4 rings (SSSR count). The van der Waals surface area contributed by atoms with E-state index in [0.29, 0.717) is 11.4 Å². The number of aromatic amines is 1. The maximum atomic E-state index is 12.7. The Morgan fingerprint density at radius 2 is 1.77 bits per heavy atom. The molecule has 1 aromatic heterocycles. The van der Waals surface area contributed by atoms with E-state index in [4.69, 9.17) is 0 Å². The van der Waals surface area contributed by atoms with Crippen LogP contribution in [-0.2, 0) is 23.1 Å². The van der Waals surface area contributed by atoms with E-state index in [9.17, 15) is 13.2 Å². The first-order valence-corrected chi connectivity index (χ1v) is 11.7. The number of amides is 1. The molecule has 9 nitrogen and oxygen atoms in total. The zero-order chi connectivity index (χ0) is 21.5. The molecule has 162 valence electrons. The fourth-order valence-corrected chi connectivity index (χ4v) is 4.97. The standard InChI is InChI=1S/C20H28N6O3S/c1-14(2)30(28,29)26-12-17-18(13-26)22-23-19(17)21-20(27)15-4-6-16(7-5-15)25-10-8-24(3)9-11-25/h4-7,14H,8-13H2,1-3H3,(H2,21,22,23,27). The van der Waals surface area contributed by atoms with Crippen LogP contribution in [-0.4, -0.2) is 72.2 Å². The Labute approximate surface area is 177 Å². The average Bonchev–Trinajstić information content (AvgIpc) is 3.31. The molecular formula is C20H28N6O3S. The highest BCUT2D eigenvalue weighted by Crippen LogP contribution is 2.30. The quantitative estimate of drug-likeness (QED) is 0.742. The summed E-state index contributed by atoms with van der Waals surface area (Å²) in [5, 5.41) is 9.36. The van der Waals surface area contributed by atoms with E-state index in [1.807, 2.05) is 24.3 Å². The minimum absolute atomic E-state index is 0.213. The van der Waals surface area contributed by atoms with Crippen LogP contribution in [0, 0.1) is 0 Å². The van der Waals surface area contributed by atoms with Crippen LogP contribution < -0.4 is 10.2 Å². The number of likely N-dealkylation sites (N-methyl/N-ethyl adjacent to an activating group) is 1. The van der Waals surface area contributed by atoms with Crippen molar-refractivity contribution < 1.29 is 13.2 Å². The summed E-state index contributed by atoms with van der Waals surface area (Å²) < 4.78 is 26.3. The van der Waals surface area contributed by atoms with Crippen molar-refractivity contribution in [3.63, 3.8) is 0 Å². The molecule has 0 unspecified atom stereocenters. The monoisotopic (exact) mass is 432 g/mol. The fourth-order valence-electron chi connectivity index (χ4n) is 3.76. The Morgan fingerprint density at radius 1 is 1.10 bits per heavy atom. The van der Waals surface area contributed by atoms with Gasteiger partial charge < -0.3 is 15.1 Å². The topological polar surface area (TPSA) is 102 Å². The Hall–Kier alpha value is -2.43. The second-order valence-electron chi connectivity index (χ2n) is 8.18. The summed E-state index contributed by atoms with van der Waals surface area (Å²) >= 11 is 0. The van der Waals surface area contributed by atoms with Crippen molar-refractivity contribution in [3.8, 4) is 0 Å². The van der Waals surface area contributed by atoms with Crippen molar-refractivity contribution in [2.45, 2.75) is 32.2 Å². The Bertz CT molecular complexity index is 1020. The van der Waals surface area contributed by atoms with E-state index in [1.165, 1.54) is 4.31 Å². The molecule has 0 saturated carbocycles. The van der Waals surface area contributed by atoms with Crippen LogP contribution in [0.3, 0.4) is 0 Å². The molecule has 1 aromatic carbocycles. The highest BCUT2D eigenvalue weighted by Gasteiger charge is 2.34. The zero-order valence-corrected chi connectivity index (χ0v) is 18.4. The zero-order valence-electron chi connectivity index (χ0n) is 17.6. The first-order valence-electron chi connectivity index (χ1n) is 10.2. The van der Waals surface area contributed by atoms with Crippen molar-refractivity contribution in [2.24, 2.45) is 0 Å². The van der Waals surface area contributed by atoms with E-state index in [1.54, 1.807) is 13.8 Å². The molecule has 10 heteroatoms. The Morgan fingerprint density at radius 3 is 2.40 bits per heavy atom. The first-order chi connectivity index (χ1) is 14.3. The van der Waals surface area contributed by atoms with Gasteiger partial charge in [-0.15, -0.1) is 0 Å². The predicted molar refractivity (Wildman–Crippen MR) is 116 cm³/mol. The van der Waals surface area contributed by atoms with Crippen LogP contribution in [0.4, 0.5) is 11.5 Å². The maximum Gasteiger partial charge on any atom is 0.256 e. The largest absolute Gasteiger partial charge is 0.369 e. The van der Waals surface area contributed by atoms with Crippen LogP contribution in [0.5, 0.6) is 0 Å². The first kappa shape index (κ1) is 20.8. The molecule has 2 N–H and O–H groups in total. The number of anilines is 2. The fraction of sp³-hybridized carbons (Fsp3) is 0.500. The van der Waals surface area contributed by atoms with Gasteiger partial charge in [0, 0.05) is 49.5 Å². The summed E-state index contributed by atoms with van der Waals surface area (Å²) in [5.74, 6) is 0.124. The summed E-state index contributed by atoms with van der Waals surface area (Å²) in [6, 6.07) is 7.55. The van der Waals surface area contributed by atoms with Crippen molar-refractivity contribution in [3.05, 3.63) is 41.1 Å². The number of sulfonamides is 1. The normalized spacial score (nSPS) is 18.1. The number of benzene rings is 1. The van der Waals surface area contributed by atoms with Gasteiger partial charge in [-0.05, 0) is 45.2 Å². The summed E-state index contributed by atoms with van der Waals surface area (Å²) in [4.78, 5) is 17.3. The maximum absolute atomic E-state index is 12.7. The van der Waals surface area contributed by atoms with Gasteiger partial charge in [0.2, 0.25) is 10.0 Å². The third-order valence-electron chi connectivity index (χ3n) is 5.81. The van der Waals surface area contributed by atoms with E-state index in [-0.39, 0.29) is 19.0 Å². The average molecular weight is 433 g/mol. The van der Waals surface area contributed by atoms with Crippen LogP contribution >= 0.6 is 0 Å².